The summed E-state index contributed by atoms with van der Waals surface area (Å²) in [6.07, 6.45) is 6.02. The summed E-state index contributed by atoms with van der Waals surface area (Å²) >= 11 is 0. The maximum atomic E-state index is 13.2. The van der Waals surface area contributed by atoms with Crippen LogP contribution in [0.1, 0.15) is 49.9 Å². The number of aromatic nitrogens is 1. The number of para-hydroxylation sites is 1. The van der Waals surface area contributed by atoms with Gasteiger partial charge in [0.1, 0.15) is 0 Å². The first-order valence-electron chi connectivity index (χ1n) is 12.5. The van der Waals surface area contributed by atoms with Crippen LogP contribution in [-0.4, -0.2) is 89.7 Å². The number of likely N-dealkylation sites (tertiary alicyclic amines) is 1. The molecular weight excluding hydrogens is 400 g/mol. The fourth-order valence-electron chi connectivity index (χ4n) is 6.03. The fourth-order valence-corrected chi connectivity index (χ4v) is 6.03. The summed E-state index contributed by atoms with van der Waals surface area (Å²) in [6.45, 7) is 13.0. The van der Waals surface area contributed by atoms with Crippen molar-refractivity contribution < 1.29 is 9.53 Å². The number of carbonyl (C=O) groups excluding carboxylic acids is 1. The summed E-state index contributed by atoms with van der Waals surface area (Å²) in [5, 5.41) is 1.02. The number of piperidine rings is 1. The molecule has 6 heteroatoms. The van der Waals surface area contributed by atoms with Crippen LogP contribution in [0.2, 0.25) is 0 Å². The molecule has 174 valence electrons. The molecule has 1 aromatic carbocycles. The molecule has 3 saturated heterocycles. The Labute approximate surface area is 191 Å². The highest BCUT2D eigenvalue weighted by Gasteiger charge is 2.43. The summed E-state index contributed by atoms with van der Waals surface area (Å²) in [6, 6.07) is 8.67. The maximum absolute atomic E-state index is 13.2. The Bertz CT molecular complexity index is 923. The number of piperazine rings is 1. The predicted molar refractivity (Wildman–Crippen MR) is 128 cm³/mol. The van der Waals surface area contributed by atoms with Crippen LogP contribution in [0.4, 0.5) is 0 Å². The number of H-pyrrole nitrogens is 1. The van der Waals surface area contributed by atoms with Crippen molar-refractivity contribution in [3.05, 3.63) is 36.0 Å². The Morgan fingerprint density at radius 1 is 1.12 bits per heavy atom. The highest BCUT2D eigenvalue weighted by molar-refractivity contribution is 6.06. The molecule has 4 heterocycles. The molecule has 0 bridgehead atoms. The van der Waals surface area contributed by atoms with Gasteiger partial charge in [0.25, 0.3) is 5.91 Å². The molecule has 1 atom stereocenters. The van der Waals surface area contributed by atoms with Crippen LogP contribution in [0.3, 0.4) is 0 Å². The molecule has 32 heavy (non-hydrogen) atoms. The second kappa shape index (κ2) is 9.16. The number of ether oxygens (including phenoxy) is 1. The summed E-state index contributed by atoms with van der Waals surface area (Å²) in [4.78, 5) is 23.8. The number of hydrogen-bond acceptors (Lipinski definition) is 4. The molecule has 1 amide bonds. The van der Waals surface area contributed by atoms with E-state index in [-0.39, 0.29) is 11.5 Å². The number of rotatable bonds is 4. The van der Waals surface area contributed by atoms with E-state index in [0.29, 0.717) is 6.04 Å². The fraction of sp³-hybridized carbons (Fsp3) is 0.654. The van der Waals surface area contributed by atoms with E-state index in [9.17, 15) is 4.79 Å². The number of aromatic amines is 1. The number of nitrogens with zero attached hydrogens (tertiary/aromatic N) is 3. The van der Waals surface area contributed by atoms with Crippen molar-refractivity contribution in [1.29, 1.82) is 0 Å². The zero-order chi connectivity index (χ0) is 22.1. The van der Waals surface area contributed by atoms with Gasteiger partial charge >= 0.3 is 0 Å². The molecule has 0 saturated carbocycles. The number of hydrogen-bond donors (Lipinski definition) is 1. The first-order valence-corrected chi connectivity index (χ1v) is 12.5. The van der Waals surface area contributed by atoms with Gasteiger partial charge in [0.2, 0.25) is 0 Å². The van der Waals surface area contributed by atoms with Crippen LogP contribution in [0.5, 0.6) is 0 Å². The van der Waals surface area contributed by atoms with Crippen molar-refractivity contribution in [2.75, 3.05) is 52.4 Å². The van der Waals surface area contributed by atoms with Gasteiger partial charge in [-0.05, 0) is 37.7 Å². The Kier molecular flexibility index (Phi) is 6.28. The third-order valence-corrected chi connectivity index (χ3v) is 7.80. The van der Waals surface area contributed by atoms with E-state index < -0.39 is 0 Å². The Morgan fingerprint density at radius 3 is 2.62 bits per heavy atom. The molecule has 0 unspecified atom stereocenters. The lowest BCUT2D eigenvalue weighted by Crippen LogP contribution is -2.57. The smallest absolute Gasteiger partial charge is 0.256 e. The minimum absolute atomic E-state index is 0.0466. The zero-order valence-corrected chi connectivity index (χ0v) is 19.7. The number of nitrogens with one attached hydrogen (secondary N) is 1. The van der Waals surface area contributed by atoms with Crippen LogP contribution in [0.25, 0.3) is 10.9 Å². The summed E-state index contributed by atoms with van der Waals surface area (Å²) < 4.78 is 6.41. The number of carbonyl (C=O) groups is 1. The van der Waals surface area contributed by atoms with Crippen LogP contribution in [0.15, 0.2) is 30.5 Å². The van der Waals surface area contributed by atoms with Gasteiger partial charge in [0.05, 0.1) is 11.2 Å². The third kappa shape index (κ3) is 4.45. The lowest BCUT2D eigenvalue weighted by Gasteiger charge is -2.49. The largest absolute Gasteiger partial charge is 0.375 e. The van der Waals surface area contributed by atoms with E-state index in [2.05, 4.69) is 28.6 Å². The van der Waals surface area contributed by atoms with Crippen molar-refractivity contribution in [1.82, 2.24) is 19.7 Å². The number of fused-ring (bicyclic) bond motifs is 1. The van der Waals surface area contributed by atoms with Crippen molar-refractivity contribution in [2.24, 2.45) is 5.92 Å². The summed E-state index contributed by atoms with van der Waals surface area (Å²) in [5.74, 6) is 0.885. The van der Waals surface area contributed by atoms with E-state index in [1.165, 1.54) is 32.7 Å². The molecule has 6 nitrogen and oxygen atoms in total. The third-order valence-electron chi connectivity index (χ3n) is 7.80. The molecule has 1 spiro atoms. The van der Waals surface area contributed by atoms with Crippen molar-refractivity contribution in [3.63, 3.8) is 0 Å². The molecule has 0 aliphatic carbocycles. The van der Waals surface area contributed by atoms with Gasteiger partial charge in [-0.25, -0.2) is 0 Å². The lowest BCUT2D eigenvalue weighted by molar-refractivity contribution is -0.132. The second-order valence-corrected chi connectivity index (χ2v) is 10.4. The average molecular weight is 439 g/mol. The van der Waals surface area contributed by atoms with Crippen LogP contribution in [0, 0.1) is 5.92 Å². The molecule has 5 rings (SSSR count). The normalized spacial score (nSPS) is 25.1. The molecule has 3 fully saturated rings. The van der Waals surface area contributed by atoms with E-state index in [4.69, 9.17) is 4.74 Å². The van der Waals surface area contributed by atoms with E-state index in [0.717, 1.165) is 67.8 Å². The van der Waals surface area contributed by atoms with Gasteiger partial charge in [-0.3, -0.25) is 9.69 Å². The maximum Gasteiger partial charge on any atom is 0.256 e. The topological polar surface area (TPSA) is 51.8 Å². The van der Waals surface area contributed by atoms with Gasteiger partial charge in [0.15, 0.2) is 0 Å². The van der Waals surface area contributed by atoms with Gasteiger partial charge in [-0.15, -0.1) is 0 Å². The average Bonchev–Trinajstić information content (AvgIpc) is 3.24. The van der Waals surface area contributed by atoms with Crippen molar-refractivity contribution in [3.8, 4) is 0 Å². The Morgan fingerprint density at radius 2 is 1.88 bits per heavy atom. The SMILES string of the molecule is CC(C)CN1CCN([C@@H]2CCOC3(CCN(C(=O)c4c[nH]c5ccccc45)CC3)C2)CC1. The van der Waals surface area contributed by atoms with Gasteiger partial charge in [-0.1, -0.05) is 32.0 Å². The molecule has 2 aromatic rings. The minimum atomic E-state index is -0.0466. The highest BCUT2D eigenvalue weighted by Crippen LogP contribution is 2.37. The number of amides is 1. The molecule has 0 radical (unpaired) electrons. The molecule has 3 aliphatic rings. The second-order valence-electron chi connectivity index (χ2n) is 10.4. The van der Waals surface area contributed by atoms with Gasteiger partial charge < -0.3 is 19.5 Å². The highest BCUT2D eigenvalue weighted by atomic mass is 16.5. The quantitative estimate of drug-likeness (QED) is 0.793. The molecule has 1 aromatic heterocycles. The standard InChI is InChI=1S/C26H38N4O2/c1-20(2)19-28-12-14-29(15-13-28)21-7-16-32-26(17-21)8-10-30(11-9-26)25(31)23-18-27-24-6-4-3-5-22(23)24/h3-6,18,20-21,27H,7-17,19H2,1-2H3/t21-/m1/s1. The first kappa shape index (κ1) is 21.9. The minimum Gasteiger partial charge on any atom is -0.375 e. The summed E-state index contributed by atoms with van der Waals surface area (Å²) in [7, 11) is 0. The monoisotopic (exact) mass is 438 g/mol. The van der Waals surface area contributed by atoms with E-state index >= 15 is 0 Å². The summed E-state index contributed by atoms with van der Waals surface area (Å²) in [5.41, 5.74) is 1.77. The van der Waals surface area contributed by atoms with Crippen molar-refractivity contribution >= 4 is 16.8 Å². The van der Waals surface area contributed by atoms with Crippen molar-refractivity contribution in [2.45, 2.75) is 51.2 Å². The van der Waals surface area contributed by atoms with E-state index in [1.54, 1.807) is 0 Å². The molecule has 3 aliphatic heterocycles. The Hall–Kier alpha value is -1.89. The van der Waals surface area contributed by atoms with Crippen LogP contribution in [-0.2, 0) is 4.74 Å². The van der Waals surface area contributed by atoms with Crippen LogP contribution >= 0.6 is 0 Å². The van der Waals surface area contributed by atoms with Gasteiger partial charge in [0, 0.05) is 75.6 Å². The lowest BCUT2D eigenvalue weighted by atomic mass is 9.81. The van der Waals surface area contributed by atoms with E-state index in [1.807, 2.05) is 35.4 Å². The number of benzene rings is 1. The molecule has 1 N–H and O–H groups in total. The Balaban J connectivity index is 1.17. The predicted octanol–water partition coefficient (Wildman–Crippen LogP) is 3.60. The molecular formula is C26H38N4O2. The first-order chi connectivity index (χ1) is 15.5. The zero-order valence-electron chi connectivity index (χ0n) is 19.7. The van der Waals surface area contributed by atoms with Gasteiger partial charge in [-0.2, -0.15) is 0 Å². The van der Waals surface area contributed by atoms with Crippen LogP contribution < -0.4 is 0 Å².